The number of hydrogen-bond donors (Lipinski definition) is 1. The van der Waals surface area contributed by atoms with Gasteiger partial charge in [0, 0.05) is 12.7 Å². The summed E-state index contributed by atoms with van der Waals surface area (Å²) >= 11 is 1.26. The van der Waals surface area contributed by atoms with E-state index in [1.165, 1.54) is 18.9 Å². The minimum absolute atomic E-state index is 0.147. The smallest absolute Gasteiger partial charge is 0.337 e. The van der Waals surface area contributed by atoms with Gasteiger partial charge >= 0.3 is 5.97 Å². The maximum Gasteiger partial charge on any atom is 0.337 e. The van der Waals surface area contributed by atoms with Crippen molar-refractivity contribution < 1.29 is 19.1 Å². The van der Waals surface area contributed by atoms with Crippen LogP contribution in [-0.4, -0.2) is 39.5 Å². The summed E-state index contributed by atoms with van der Waals surface area (Å²) in [5.41, 5.74) is 0.891. The number of carbonyl (C=O) groups is 2. The molecule has 0 fully saturated rings. The minimum atomic E-state index is -0.459. The number of rotatable bonds is 8. The molecule has 3 rings (SSSR count). The highest BCUT2D eigenvalue weighted by molar-refractivity contribution is 7.99. The van der Waals surface area contributed by atoms with E-state index < -0.39 is 5.97 Å². The Morgan fingerprint density at radius 1 is 1.10 bits per heavy atom. The lowest BCUT2D eigenvalue weighted by atomic mass is 10.2. The Labute approximate surface area is 172 Å². The summed E-state index contributed by atoms with van der Waals surface area (Å²) in [4.78, 5) is 23.8. The van der Waals surface area contributed by atoms with Gasteiger partial charge in [-0.1, -0.05) is 36.0 Å². The molecular formula is C20H20N4O4S. The van der Waals surface area contributed by atoms with E-state index in [1.807, 2.05) is 37.4 Å². The van der Waals surface area contributed by atoms with E-state index >= 15 is 0 Å². The van der Waals surface area contributed by atoms with Crippen molar-refractivity contribution in [2.24, 2.45) is 7.05 Å². The summed E-state index contributed by atoms with van der Waals surface area (Å²) in [6, 6.07) is 16.0. The number of amides is 1. The molecule has 29 heavy (non-hydrogen) atoms. The number of thioether (sulfide) groups is 1. The van der Waals surface area contributed by atoms with E-state index in [1.54, 1.807) is 28.8 Å². The number of para-hydroxylation sites is 1. The average molecular weight is 412 g/mol. The first-order valence-corrected chi connectivity index (χ1v) is 9.72. The molecule has 0 aliphatic heterocycles. The Morgan fingerprint density at radius 3 is 2.66 bits per heavy atom. The Morgan fingerprint density at radius 2 is 1.90 bits per heavy atom. The van der Waals surface area contributed by atoms with E-state index in [0.717, 1.165) is 5.75 Å². The molecule has 0 saturated carbocycles. The topological polar surface area (TPSA) is 95.3 Å². The lowest BCUT2D eigenvalue weighted by Gasteiger charge is -2.07. The van der Waals surface area contributed by atoms with Crippen LogP contribution in [0.4, 0.5) is 5.69 Å². The van der Waals surface area contributed by atoms with Crippen LogP contribution < -0.4 is 10.1 Å². The van der Waals surface area contributed by atoms with E-state index in [0.29, 0.717) is 22.2 Å². The van der Waals surface area contributed by atoms with E-state index in [9.17, 15) is 9.59 Å². The number of benzene rings is 2. The van der Waals surface area contributed by atoms with Crippen molar-refractivity contribution in [3.8, 4) is 5.75 Å². The summed E-state index contributed by atoms with van der Waals surface area (Å²) in [7, 11) is 3.13. The average Bonchev–Trinajstić information content (AvgIpc) is 3.10. The van der Waals surface area contributed by atoms with Crippen LogP contribution in [0.25, 0.3) is 0 Å². The van der Waals surface area contributed by atoms with Crippen molar-refractivity contribution >= 4 is 29.3 Å². The Balaban J connectivity index is 1.53. The second-order valence-electron chi connectivity index (χ2n) is 5.97. The Bertz CT molecular complexity index is 991. The first-order valence-electron chi connectivity index (χ1n) is 8.74. The number of nitrogens with one attached hydrogen (secondary N) is 1. The zero-order chi connectivity index (χ0) is 20.6. The van der Waals surface area contributed by atoms with Crippen molar-refractivity contribution in [1.82, 2.24) is 14.8 Å². The summed E-state index contributed by atoms with van der Waals surface area (Å²) in [5, 5.41) is 11.6. The molecule has 2 aromatic carbocycles. The summed E-state index contributed by atoms with van der Waals surface area (Å²) < 4.78 is 12.2. The molecule has 1 aromatic heterocycles. The molecule has 150 valence electrons. The molecule has 8 nitrogen and oxygen atoms in total. The van der Waals surface area contributed by atoms with Crippen LogP contribution >= 0.6 is 11.8 Å². The molecule has 9 heteroatoms. The van der Waals surface area contributed by atoms with Crippen LogP contribution in [0.5, 0.6) is 5.75 Å². The molecule has 0 aliphatic carbocycles. The molecule has 0 unspecified atom stereocenters. The number of esters is 1. The molecule has 1 amide bonds. The van der Waals surface area contributed by atoms with Gasteiger partial charge < -0.3 is 19.4 Å². The Hall–Kier alpha value is -3.33. The highest BCUT2D eigenvalue weighted by atomic mass is 32.2. The third kappa shape index (κ3) is 5.58. The van der Waals surface area contributed by atoms with Crippen molar-refractivity contribution in [3.63, 3.8) is 0 Å². The second kappa shape index (κ2) is 9.74. The van der Waals surface area contributed by atoms with Gasteiger partial charge in [0.2, 0.25) is 5.91 Å². The normalized spacial score (nSPS) is 10.4. The van der Waals surface area contributed by atoms with Crippen LogP contribution in [0.3, 0.4) is 0 Å². The zero-order valence-electron chi connectivity index (χ0n) is 16.0. The van der Waals surface area contributed by atoms with Gasteiger partial charge in [-0.3, -0.25) is 4.79 Å². The molecule has 0 aliphatic rings. The van der Waals surface area contributed by atoms with E-state index in [-0.39, 0.29) is 18.3 Å². The summed E-state index contributed by atoms with van der Waals surface area (Å²) in [5.74, 6) is 0.872. The summed E-state index contributed by atoms with van der Waals surface area (Å²) in [6.07, 6.45) is 0. The van der Waals surface area contributed by atoms with Gasteiger partial charge in [0.15, 0.2) is 11.0 Å². The lowest BCUT2D eigenvalue weighted by Crippen LogP contribution is -2.15. The van der Waals surface area contributed by atoms with E-state index in [2.05, 4.69) is 20.3 Å². The van der Waals surface area contributed by atoms with Gasteiger partial charge in [-0.2, -0.15) is 0 Å². The number of hydrogen-bond acceptors (Lipinski definition) is 7. The number of carbonyl (C=O) groups excluding carboxylic acids is 2. The van der Waals surface area contributed by atoms with Crippen LogP contribution in [0.1, 0.15) is 16.2 Å². The fraction of sp³-hybridized carbons (Fsp3) is 0.200. The molecular weight excluding hydrogens is 392 g/mol. The highest BCUT2D eigenvalue weighted by Crippen LogP contribution is 2.18. The minimum Gasteiger partial charge on any atom is -0.486 e. The first-order chi connectivity index (χ1) is 14.1. The second-order valence-corrected chi connectivity index (χ2v) is 6.91. The van der Waals surface area contributed by atoms with Gasteiger partial charge in [-0.05, 0) is 30.3 Å². The summed E-state index contributed by atoms with van der Waals surface area (Å²) in [6.45, 7) is 0.278. The third-order valence-corrected chi connectivity index (χ3v) is 4.96. The number of aromatic nitrogens is 3. The van der Waals surface area contributed by atoms with Crippen molar-refractivity contribution in [1.29, 1.82) is 0 Å². The number of nitrogens with zero attached hydrogens (tertiary/aromatic N) is 3. The highest BCUT2D eigenvalue weighted by Gasteiger charge is 2.13. The molecule has 0 atom stereocenters. The monoisotopic (exact) mass is 412 g/mol. The predicted molar refractivity (Wildman–Crippen MR) is 109 cm³/mol. The molecule has 0 spiro atoms. The molecule has 1 N–H and O–H groups in total. The molecule has 0 radical (unpaired) electrons. The zero-order valence-corrected chi connectivity index (χ0v) is 16.8. The van der Waals surface area contributed by atoms with Crippen LogP contribution in [0.2, 0.25) is 0 Å². The number of ether oxygens (including phenoxy) is 2. The van der Waals surface area contributed by atoms with Gasteiger partial charge in [-0.15, -0.1) is 10.2 Å². The lowest BCUT2D eigenvalue weighted by molar-refractivity contribution is -0.113. The predicted octanol–water partition coefficient (Wildman–Crippen LogP) is 2.91. The maximum atomic E-state index is 12.2. The van der Waals surface area contributed by atoms with Crippen LogP contribution in [0, 0.1) is 0 Å². The fourth-order valence-electron chi connectivity index (χ4n) is 2.43. The van der Waals surface area contributed by atoms with Crippen LogP contribution in [0.15, 0.2) is 59.8 Å². The van der Waals surface area contributed by atoms with Crippen molar-refractivity contribution in [3.05, 3.63) is 66.0 Å². The molecule has 0 bridgehead atoms. The van der Waals surface area contributed by atoms with Gasteiger partial charge in [-0.25, -0.2) is 4.79 Å². The Kier molecular flexibility index (Phi) is 6.85. The van der Waals surface area contributed by atoms with Gasteiger partial charge in [0.25, 0.3) is 0 Å². The molecule has 3 aromatic rings. The molecule has 0 saturated heterocycles. The van der Waals surface area contributed by atoms with Crippen molar-refractivity contribution in [2.75, 3.05) is 18.2 Å². The van der Waals surface area contributed by atoms with Gasteiger partial charge in [0.1, 0.15) is 12.4 Å². The van der Waals surface area contributed by atoms with Crippen LogP contribution in [-0.2, 0) is 23.2 Å². The maximum absolute atomic E-state index is 12.2. The van der Waals surface area contributed by atoms with E-state index in [4.69, 9.17) is 4.74 Å². The molecule has 1 heterocycles. The first kappa shape index (κ1) is 20.4. The standard InChI is InChI=1S/C20H20N4O4S/c1-24-17(12-28-16-9-4-3-5-10-16)22-23-20(24)29-13-18(25)21-15-8-6-7-14(11-15)19(26)27-2/h3-11H,12-13H2,1-2H3,(H,21,25). The van der Waals surface area contributed by atoms with Crippen molar-refractivity contribution in [2.45, 2.75) is 11.8 Å². The van der Waals surface area contributed by atoms with Gasteiger partial charge in [0.05, 0.1) is 18.4 Å². The number of anilines is 1. The SMILES string of the molecule is COC(=O)c1cccc(NC(=O)CSc2nnc(COc3ccccc3)n2C)c1. The fourth-order valence-corrected chi connectivity index (χ4v) is 3.16. The third-order valence-electron chi connectivity index (χ3n) is 3.94. The quantitative estimate of drug-likeness (QED) is 0.449. The number of methoxy groups -OCH3 is 1. The largest absolute Gasteiger partial charge is 0.486 e.